The molecule has 9 heteroatoms. The van der Waals surface area contributed by atoms with Gasteiger partial charge in [-0.25, -0.2) is 4.79 Å². The van der Waals surface area contributed by atoms with E-state index in [1.807, 2.05) is 13.8 Å². The van der Waals surface area contributed by atoms with Gasteiger partial charge in [0.15, 0.2) is 11.3 Å². The summed E-state index contributed by atoms with van der Waals surface area (Å²) >= 11 is 0. The number of rotatable bonds is 2. The molecule has 0 aromatic rings. The molecule has 0 spiro atoms. The number of esters is 1. The summed E-state index contributed by atoms with van der Waals surface area (Å²) in [6.07, 6.45) is -1.54. The second-order valence-corrected chi connectivity index (χ2v) is 10.2. The molecule has 2 saturated heterocycles. The van der Waals surface area contributed by atoms with Crippen molar-refractivity contribution < 1.29 is 38.5 Å². The molecule has 0 radical (unpaired) electrons. The van der Waals surface area contributed by atoms with Gasteiger partial charge >= 0.3 is 12.1 Å². The van der Waals surface area contributed by atoms with E-state index in [0.29, 0.717) is 0 Å². The van der Waals surface area contributed by atoms with Crippen molar-refractivity contribution in [3.63, 3.8) is 0 Å². The number of hydrogen-bond donors (Lipinski definition) is 2. The molecular weight excluding hydrogens is 430 g/mol. The second kappa shape index (κ2) is 9.33. The van der Waals surface area contributed by atoms with Gasteiger partial charge in [-0.2, -0.15) is 0 Å². The van der Waals surface area contributed by atoms with E-state index in [9.17, 15) is 24.3 Å². The average Bonchev–Trinajstić information content (AvgIpc) is 3.02. The minimum absolute atomic E-state index is 0.185. The van der Waals surface area contributed by atoms with Crippen molar-refractivity contribution in [2.45, 2.75) is 91.3 Å². The number of ether oxygens (including phenoxy) is 3. The Balaban J connectivity index is 2.65. The summed E-state index contributed by atoms with van der Waals surface area (Å²) < 4.78 is 16.9. The van der Waals surface area contributed by atoms with Crippen molar-refractivity contribution in [2.24, 2.45) is 29.6 Å². The number of cyclic esters (lactones) is 1. The number of methoxy groups -OCH3 is 1. The van der Waals surface area contributed by atoms with E-state index in [0.717, 1.165) is 0 Å². The summed E-state index contributed by atoms with van der Waals surface area (Å²) in [5.74, 6) is -4.97. The first kappa shape index (κ1) is 27.2. The fraction of sp³-hybridized carbons (Fsp3) is 0.833. The van der Waals surface area contributed by atoms with Crippen LogP contribution in [0, 0.1) is 29.6 Å². The van der Waals surface area contributed by atoms with Gasteiger partial charge in [-0.05, 0) is 39.5 Å². The number of carbonyl (C=O) groups is 4. The monoisotopic (exact) mass is 469 g/mol. The molecule has 0 aromatic carbocycles. The Bertz CT molecular complexity index is 814. The van der Waals surface area contributed by atoms with Gasteiger partial charge in [0.05, 0.1) is 11.5 Å². The highest BCUT2D eigenvalue weighted by Crippen LogP contribution is 2.44. The quantitative estimate of drug-likeness (QED) is 0.467. The standard InChI is InChI=1S/C24H39NO8/c1-10-17-23(8)24(30,25-21(29)33-23)16(6)18(26)12(2)11-22(7,31-9)15(5)13(3)19(27)14(4)20(28)32-17/h12-17,30H,10-11H2,1-9H3,(H,25,29)/t12-,13-,14-,15-,16+,17-,22-,23-,24+/m1/s1. The normalized spacial score (nSPS) is 45.5. The van der Waals surface area contributed by atoms with Crippen LogP contribution in [0.4, 0.5) is 4.79 Å². The maximum Gasteiger partial charge on any atom is 0.410 e. The molecule has 9 atom stereocenters. The van der Waals surface area contributed by atoms with E-state index in [1.165, 1.54) is 27.9 Å². The minimum Gasteiger partial charge on any atom is -0.457 e. The molecular formula is C24H39NO8. The molecule has 1 amide bonds. The lowest BCUT2D eigenvalue weighted by atomic mass is 9.70. The maximum absolute atomic E-state index is 13.5. The van der Waals surface area contributed by atoms with Crippen molar-refractivity contribution in [1.82, 2.24) is 5.32 Å². The topological polar surface area (TPSA) is 128 Å². The van der Waals surface area contributed by atoms with Crippen LogP contribution in [0.3, 0.4) is 0 Å². The predicted molar refractivity (Wildman–Crippen MR) is 119 cm³/mol. The van der Waals surface area contributed by atoms with E-state index in [-0.39, 0.29) is 30.3 Å². The van der Waals surface area contributed by atoms with E-state index < -0.39 is 58.8 Å². The average molecular weight is 470 g/mol. The molecule has 0 bridgehead atoms. The smallest absolute Gasteiger partial charge is 0.410 e. The Morgan fingerprint density at radius 3 is 2.15 bits per heavy atom. The van der Waals surface area contributed by atoms with Gasteiger partial charge in [0.2, 0.25) is 0 Å². The van der Waals surface area contributed by atoms with E-state index >= 15 is 0 Å². The first-order chi connectivity index (χ1) is 15.1. The van der Waals surface area contributed by atoms with Crippen LogP contribution in [0.25, 0.3) is 0 Å². The number of hydrogen-bond acceptors (Lipinski definition) is 8. The van der Waals surface area contributed by atoms with Crippen LogP contribution < -0.4 is 5.32 Å². The van der Waals surface area contributed by atoms with Gasteiger partial charge in [0, 0.05) is 18.9 Å². The Morgan fingerprint density at radius 1 is 1.06 bits per heavy atom. The van der Waals surface area contributed by atoms with E-state index in [2.05, 4.69) is 5.32 Å². The van der Waals surface area contributed by atoms with Crippen LogP contribution in [0.2, 0.25) is 0 Å². The number of aliphatic hydroxyl groups is 1. The number of carbonyl (C=O) groups excluding carboxylic acids is 4. The molecule has 0 unspecified atom stereocenters. The van der Waals surface area contributed by atoms with Gasteiger partial charge in [0.1, 0.15) is 23.6 Å². The van der Waals surface area contributed by atoms with E-state index in [4.69, 9.17) is 14.2 Å². The third-order valence-corrected chi connectivity index (χ3v) is 8.26. The van der Waals surface area contributed by atoms with Crippen molar-refractivity contribution in [1.29, 1.82) is 0 Å². The van der Waals surface area contributed by atoms with Crippen LogP contribution in [0.5, 0.6) is 0 Å². The molecule has 0 aromatic heterocycles. The van der Waals surface area contributed by atoms with Crippen LogP contribution in [0.15, 0.2) is 0 Å². The van der Waals surface area contributed by atoms with Crippen molar-refractivity contribution in [3.8, 4) is 0 Å². The van der Waals surface area contributed by atoms with Gasteiger partial charge in [-0.3, -0.25) is 19.7 Å². The lowest BCUT2D eigenvalue weighted by molar-refractivity contribution is -0.206. The van der Waals surface area contributed by atoms with Gasteiger partial charge in [-0.1, -0.05) is 34.6 Å². The SMILES string of the molecule is CC[C@H]1OC(=O)[C@H](C)C(=O)[C@H](C)[C@@H](C)[C@](C)(OC)C[C@@H](C)C(=O)[C@H](C)[C@@]2(O)NC(=O)O[C@]12C. The molecule has 2 aliphatic heterocycles. The summed E-state index contributed by atoms with van der Waals surface area (Å²) in [5.41, 5.74) is -4.74. The predicted octanol–water partition coefficient (Wildman–Crippen LogP) is 2.62. The van der Waals surface area contributed by atoms with Crippen LogP contribution in [-0.2, 0) is 28.6 Å². The Kier molecular flexibility index (Phi) is 7.70. The minimum atomic E-state index is -2.13. The molecule has 2 heterocycles. The summed E-state index contributed by atoms with van der Waals surface area (Å²) in [6, 6.07) is 0. The maximum atomic E-state index is 13.5. The molecule has 9 nitrogen and oxygen atoms in total. The number of nitrogens with one attached hydrogen (secondary N) is 1. The molecule has 188 valence electrons. The third-order valence-electron chi connectivity index (χ3n) is 8.26. The molecule has 2 aliphatic rings. The number of fused-ring (bicyclic) bond motifs is 1. The van der Waals surface area contributed by atoms with Crippen molar-refractivity contribution in [2.75, 3.05) is 7.11 Å². The van der Waals surface area contributed by atoms with Gasteiger partial charge < -0.3 is 19.3 Å². The summed E-state index contributed by atoms with van der Waals surface area (Å²) in [4.78, 5) is 51.9. The Labute approximate surface area is 195 Å². The zero-order valence-corrected chi connectivity index (χ0v) is 21.2. The molecule has 2 rings (SSSR count). The third kappa shape index (κ3) is 4.41. The zero-order chi connectivity index (χ0) is 25.5. The molecule has 2 fully saturated rings. The number of alkyl carbamates (subject to hydrolysis) is 1. The lowest BCUT2D eigenvalue weighted by Crippen LogP contribution is -2.67. The Morgan fingerprint density at radius 2 is 1.64 bits per heavy atom. The highest BCUT2D eigenvalue weighted by molar-refractivity contribution is 6.00. The molecule has 33 heavy (non-hydrogen) atoms. The number of ketones is 2. The summed E-state index contributed by atoms with van der Waals surface area (Å²) in [7, 11) is 1.52. The number of amides is 1. The zero-order valence-electron chi connectivity index (χ0n) is 21.2. The molecule has 2 N–H and O–H groups in total. The Hall–Kier alpha value is -2.00. The van der Waals surface area contributed by atoms with Crippen LogP contribution in [0.1, 0.15) is 68.2 Å². The van der Waals surface area contributed by atoms with E-state index in [1.54, 1.807) is 20.8 Å². The second-order valence-electron chi connectivity index (χ2n) is 10.2. The summed E-state index contributed by atoms with van der Waals surface area (Å²) in [6.45, 7) is 13.3. The largest absolute Gasteiger partial charge is 0.457 e. The number of Topliss-reactive ketones (excluding diaryl/α,β-unsaturated/α-hetero) is 2. The highest BCUT2D eigenvalue weighted by atomic mass is 16.6. The first-order valence-electron chi connectivity index (χ1n) is 11.7. The fourth-order valence-electron chi connectivity index (χ4n) is 5.33. The highest BCUT2D eigenvalue weighted by Gasteiger charge is 2.66. The van der Waals surface area contributed by atoms with Gasteiger partial charge in [-0.15, -0.1) is 0 Å². The lowest BCUT2D eigenvalue weighted by Gasteiger charge is -2.45. The first-order valence-corrected chi connectivity index (χ1v) is 11.7. The van der Waals surface area contributed by atoms with Crippen molar-refractivity contribution >= 4 is 23.6 Å². The van der Waals surface area contributed by atoms with Gasteiger partial charge in [0.25, 0.3) is 0 Å². The van der Waals surface area contributed by atoms with Crippen LogP contribution in [-0.4, -0.2) is 58.9 Å². The summed E-state index contributed by atoms with van der Waals surface area (Å²) in [5, 5.41) is 14.0. The molecule has 0 aliphatic carbocycles. The van der Waals surface area contributed by atoms with Crippen molar-refractivity contribution in [3.05, 3.63) is 0 Å². The molecule has 0 saturated carbocycles. The fourth-order valence-corrected chi connectivity index (χ4v) is 5.33. The van der Waals surface area contributed by atoms with Crippen LogP contribution >= 0.6 is 0 Å².